The van der Waals surface area contributed by atoms with E-state index in [9.17, 15) is 5.26 Å². The van der Waals surface area contributed by atoms with E-state index in [0.29, 0.717) is 0 Å². The Morgan fingerprint density at radius 2 is 1.90 bits per heavy atom. The van der Waals surface area contributed by atoms with Crippen LogP contribution in [0.25, 0.3) is 0 Å². The molecule has 0 N–H and O–H groups in total. The zero-order valence-corrected chi connectivity index (χ0v) is 12.7. The van der Waals surface area contributed by atoms with Crippen molar-refractivity contribution in [3.05, 3.63) is 29.8 Å². The molecule has 2 rings (SSSR count). The molecule has 108 valence electrons. The Kier molecular flexibility index (Phi) is 4.67. The van der Waals surface area contributed by atoms with E-state index in [-0.39, 0.29) is 0 Å². The highest BCUT2D eigenvalue weighted by molar-refractivity contribution is 5.29. The second kappa shape index (κ2) is 6.28. The van der Waals surface area contributed by atoms with E-state index in [1.807, 2.05) is 12.1 Å². The van der Waals surface area contributed by atoms with Crippen LogP contribution in [-0.4, -0.2) is 30.6 Å². The number of hydrogen-bond acceptors (Lipinski definition) is 3. The van der Waals surface area contributed by atoms with Gasteiger partial charge >= 0.3 is 0 Å². The van der Waals surface area contributed by atoms with Gasteiger partial charge in [-0.2, -0.15) is 5.26 Å². The molecule has 0 amide bonds. The standard InChI is InChI=1S/C17H24N2O/c1-14-8-10-19(11-9-14)17(2,13-18)12-15-4-6-16(20-3)7-5-15/h4-7,14H,8-12H2,1-3H3. The fourth-order valence-corrected chi connectivity index (χ4v) is 2.87. The maximum absolute atomic E-state index is 9.65. The van der Waals surface area contributed by atoms with Crippen LogP contribution in [0.4, 0.5) is 0 Å². The molecule has 3 nitrogen and oxygen atoms in total. The number of hydrogen-bond donors (Lipinski definition) is 0. The van der Waals surface area contributed by atoms with Gasteiger partial charge in [-0.05, 0) is 56.5 Å². The van der Waals surface area contributed by atoms with Gasteiger partial charge in [0.25, 0.3) is 0 Å². The van der Waals surface area contributed by atoms with Gasteiger partial charge in [-0.3, -0.25) is 4.90 Å². The Balaban J connectivity index is 2.08. The maximum atomic E-state index is 9.65. The molecule has 1 saturated heterocycles. The predicted octanol–water partition coefficient (Wildman–Crippen LogP) is 3.25. The minimum Gasteiger partial charge on any atom is -0.497 e. The molecule has 1 heterocycles. The first kappa shape index (κ1) is 14.9. The number of nitriles is 1. The number of ether oxygens (including phenoxy) is 1. The van der Waals surface area contributed by atoms with Crippen molar-refractivity contribution in [2.75, 3.05) is 20.2 Å². The Morgan fingerprint density at radius 3 is 2.40 bits per heavy atom. The van der Waals surface area contributed by atoms with Crippen LogP contribution < -0.4 is 4.74 Å². The van der Waals surface area contributed by atoms with Crippen LogP contribution in [0, 0.1) is 17.2 Å². The third kappa shape index (κ3) is 3.32. The molecular formula is C17H24N2O. The average Bonchev–Trinajstić information content (AvgIpc) is 2.48. The van der Waals surface area contributed by atoms with Gasteiger partial charge in [0.2, 0.25) is 0 Å². The van der Waals surface area contributed by atoms with Crippen LogP contribution in [0.2, 0.25) is 0 Å². The van der Waals surface area contributed by atoms with E-state index in [0.717, 1.165) is 31.2 Å². The number of rotatable bonds is 4. The summed E-state index contributed by atoms with van der Waals surface area (Å²) in [7, 11) is 1.67. The van der Waals surface area contributed by atoms with Gasteiger partial charge in [-0.15, -0.1) is 0 Å². The van der Waals surface area contributed by atoms with Gasteiger partial charge in [0.1, 0.15) is 11.3 Å². The summed E-state index contributed by atoms with van der Waals surface area (Å²) in [6, 6.07) is 10.6. The highest BCUT2D eigenvalue weighted by atomic mass is 16.5. The zero-order valence-electron chi connectivity index (χ0n) is 12.7. The Hall–Kier alpha value is -1.53. The van der Waals surface area contributed by atoms with Gasteiger partial charge in [-0.25, -0.2) is 0 Å². The van der Waals surface area contributed by atoms with Crippen molar-refractivity contribution < 1.29 is 4.74 Å². The Bertz CT molecular complexity index is 469. The van der Waals surface area contributed by atoms with Crippen LogP contribution in [0.15, 0.2) is 24.3 Å². The van der Waals surface area contributed by atoms with Crippen LogP contribution in [0.5, 0.6) is 5.75 Å². The van der Waals surface area contributed by atoms with Crippen molar-refractivity contribution in [1.29, 1.82) is 5.26 Å². The Labute approximate surface area is 122 Å². The highest BCUT2D eigenvalue weighted by Crippen LogP contribution is 2.27. The van der Waals surface area contributed by atoms with Crippen molar-refractivity contribution >= 4 is 0 Å². The lowest BCUT2D eigenvalue weighted by atomic mass is 9.88. The smallest absolute Gasteiger partial charge is 0.118 e. The number of benzene rings is 1. The highest BCUT2D eigenvalue weighted by Gasteiger charge is 2.34. The van der Waals surface area contributed by atoms with Gasteiger partial charge in [0.15, 0.2) is 0 Å². The minimum atomic E-state index is -0.408. The number of methoxy groups -OCH3 is 1. The normalized spacial score (nSPS) is 20.1. The quantitative estimate of drug-likeness (QED) is 0.844. The van der Waals surface area contributed by atoms with Crippen molar-refractivity contribution in [2.45, 2.75) is 38.6 Å². The lowest BCUT2D eigenvalue weighted by molar-refractivity contribution is 0.103. The van der Waals surface area contributed by atoms with E-state index >= 15 is 0 Å². The molecule has 0 radical (unpaired) electrons. The summed E-state index contributed by atoms with van der Waals surface area (Å²) < 4.78 is 5.18. The molecule has 1 fully saturated rings. The summed E-state index contributed by atoms with van der Waals surface area (Å²) in [5, 5.41) is 9.65. The summed E-state index contributed by atoms with van der Waals surface area (Å²) in [5.74, 6) is 1.65. The topological polar surface area (TPSA) is 36.3 Å². The molecule has 20 heavy (non-hydrogen) atoms. The monoisotopic (exact) mass is 272 g/mol. The summed E-state index contributed by atoms with van der Waals surface area (Å²) >= 11 is 0. The van der Waals surface area contributed by atoms with Gasteiger partial charge in [-0.1, -0.05) is 19.1 Å². The molecule has 0 aliphatic carbocycles. The fraction of sp³-hybridized carbons (Fsp3) is 0.588. The number of likely N-dealkylation sites (tertiary alicyclic amines) is 1. The summed E-state index contributed by atoms with van der Waals surface area (Å²) in [5.41, 5.74) is 0.780. The molecule has 0 spiro atoms. The van der Waals surface area contributed by atoms with E-state index in [1.54, 1.807) is 7.11 Å². The molecule has 0 aromatic heterocycles. The van der Waals surface area contributed by atoms with Crippen molar-refractivity contribution in [3.63, 3.8) is 0 Å². The van der Waals surface area contributed by atoms with E-state index in [2.05, 4.69) is 36.9 Å². The zero-order chi connectivity index (χ0) is 14.6. The van der Waals surface area contributed by atoms with Gasteiger partial charge in [0, 0.05) is 6.42 Å². The largest absolute Gasteiger partial charge is 0.497 e. The van der Waals surface area contributed by atoms with Gasteiger partial charge in [0.05, 0.1) is 13.2 Å². The molecule has 1 atom stereocenters. The lowest BCUT2D eigenvalue weighted by Crippen LogP contribution is -2.50. The van der Waals surface area contributed by atoms with E-state index < -0.39 is 5.54 Å². The molecule has 0 bridgehead atoms. The second-order valence-corrected chi connectivity index (χ2v) is 6.08. The summed E-state index contributed by atoms with van der Waals surface area (Å²) in [6.45, 7) is 6.42. The Morgan fingerprint density at radius 1 is 1.30 bits per heavy atom. The summed E-state index contributed by atoms with van der Waals surface area (Å²) in [6.07, 6.45) is 3.15. The third-order valence-electron chi connectivity index (χ3n) is 4.43. The van der Waals surface area contributed by atoms with Crippen LogP contribution in [0.1, 0.15) is 32.3 Å². The van der Waals surface area contributed by atoms with Crippen LogP contribution >= 0.6 is 0 Å². The average molecular weight is 272 g/mol. The summed E-state index contributed by atoms with van der Waals surface area (Å²) in [4.78, 5) is 2.34. The SMILES string of the molecule is COc1ccc(CC(C)(C#N)N2CCC(C)CC2)cc1. The first-order chi connectivity index (χ1) is 9.57. The predicted molar refractivity (Wildman–Crippen MR) is 80.7 cm³/mol. The van der Waals surface area contributed by atoms with Crippen molar-refractivity contribution in [3.8, 4) is 11.8 Å². The second-order valence-electron chi connectivity index (χ2n) is 6.08. The van der Waals surface area contributed by atoms with Crippen molar-refractivity contribution in [2.24, 2.45) is 5.92 Å². The molecular weight excluding hydrogens is 248 g/mol. The first-order valence-electron chi connectivity index (χ1n) is 7.36. The van der Waals surface area contributed by atoms with E-state index in [1.165, 1.54) is 18.4 Å². The van der Waals surface area contributed by atoms with Crippen molar-refractivity contribution in [1.82, 2.24) is 4.90 Å². The van der Waals surface area contributed by atoms with Crippen LogP contribution in [-0.2, 0) is 6.42 Å². The fourth-order valence-electron chi connectivity index (χ4n) is 2.87. The number of piperidine rings is 1. The van der Waals surface area contributed by atoms with Crippen LogP contribution in [0.3, 0.4) is 0 Å². The molecule has 1 aliphatic rings. The van der Waals surface area contributed by atoms with Gasteiger partial charge < -0.3 is 4.74 Å². The third-order valence-corrected chi connectivity index (χ3v) is 4.43. The van der Waals surface area contributed by atoms with E-state index in [4.69, 9.17) is 4.74 Å². The molecule has 1 aromatic rings. The molecule has 3 heteroatoms. The minimum absolute atomic E-state index is 0.408. The molecule has 1 aliphatic heterocycles. The molecule has 1 unspecified atom stereocenters. The maximum Gasteiger partial charge on any atom is 0.118 e. The molecule has 1 aromatic carbocycles. The first-order valence-corrected chi connectivity index (χ1v) is 7.36. The lowest BCUT2D eigenvalue weighted by Gasteiger charge is -2.40. The number of nitrogens with zero attached hydrogens (tertiary/aromatic N) is 2. The molecule has 0 saturated carbocycles.